The van der Waals surface area contributed by atoms with E-state index in [4.69, 9.17) is 11.6 Å². The Morgan fingerprint density at radius 3 is 2.38 bits per heavy atom. The van der Waals surface area contributed by atoms with Gasteiger partial charge >= 0.3 is 6.03 Å². The highest BCUT2D eigenvalue weighted by Gasteiger charge is 2.18. The van der Waals surface area contributed by atoms with Gasteiger partial charge in [-0.15, -0.1) is 0 Å². The summed E-state index contributed by atoms with van der Waals surface area (Å²) in [6, 6.07) is 22.3. The van der Waals surface area contributed by atoms with Gasteiger partial charge in [-0.1, -0.05) is 54.1 Å². The summed E-state index contributed by atoms with van der Waals surface area (Å²) in [5, 5.41) is 4.26. The van der Waals surface area contributed by atoms with Crippen LogP contribution in [0.15, 0.2) is 77.6 Å². The van der Waals surface area contributed by atoms with Gasteiger partial charge < -0.3 is 15.2 Å². The van der Waals surface area contributed by atoms with E-state index in [1.165, 1.54) is 0 Å². The number of aromatic nitrogens is 1. The molecule has 0 fully saturated rings. The Labute approximate surface area is 191 Å². The molecule has 2 amide bonds. The highest BCUT2D eigenvalue weighted by molar-refractivity contribution is 6.33. The van der Waals surface area contributed by atoms with E-state index in [9.17, 15) is 9.59 Å². The lowest BCUT2D eigenvalue weighted by Gasteiger charge is -2.23. The summed E-state index contributed by atoms with van der Waals surface area (Å²) in [5.74, 6) is 0. The van der Waals surface area contributed by atoms with Crippen LogP contribution in [0.1, 0.15) is 22.3 Å². The molecule has 0 aliphatic carbocycles. The van der Waals surface area contributed by atoms with Crippen molar-refractivity contribution in [1.29, 1.82) is 0 Å². The molecule has 0 aliphatic heterocycles. The molecule has 32 heavy (non-hydrogen) atoms. The number of carbonyl (C=O) groups excluding carboxylic acids is 1. The zero-order chi connectivity index (χ0) is 22.7. The number of para-hydroxylation sites is 1. The van der Waals surface area contributed by atoms with Gasteiger partial charge in [0.1, 0.15) is 0 Å². The molecule has 0 saturated carbocycles. The van der Waals surface area contributed by atoms with Crippen LogP contribution >= 0.6 is 11.6 Å². The molecule has 6 heteroatoms. The quantitative estimate of drug-likeness (QED) is 0.393. The highest BCUT2D eigenvalue weighted by Crippen LogP contribution is 2.22. The Morgan fingerprint density at radius 2 is 1.62 bits per heavy atom. The fourth-order valence-electron chi connectivity index (χ4n) is 3.61. The van der Waals surface area contributed by atoms with Crippen molar-refractivity contribution < 1.29 is 4.79 Å². The van der Waals surface area contributed by atoms with Crippen molar-refractivity contribution in [3.05, 3.63) is 110 Å². The Balaban J connectivity index is 1.67. The van der Waals surface area contributed by atoms with E-state index in [2.05, 4.69) is 16.4 Å². The lowest BCUT2D eigenvalue weighted by atomic mass is 10.0. The first-order chi connectivity index (χ1) is 15.4. The molecule has 4 rings (SSSR count). The molecule has 162 valence electrons. The zero-order valence-electron chi connectivity index (χ0n) is 18.0. The van der Waals surface area contributed by atoms with Crippen LogP contribution < -0.4 is 10.9 Å². The summed E-state index contributed by atoms with van der Waals surface area (Å²) >= 11 is 6.22. The van der Waals surface area contributed by atoms with Crippen LogP contribution in [0.25, 0.3) is 10.9 Å². The minimum Gasteiger partial charge on any atom is -0.322 e. The van der Waals surface area contributed by atoms with Gasteiger partial charge in [-0.3, -0.25) is 4.79 Å². The monoisotopic (exact) mass is 445 g/mol. The number of aromatic amines is 1. The standard InChI is InChI=1S/C26H24ClN3O2/c1-17-12-20-14-21(25(31)28-24(20)13-18(17)2)16-30(15-19-8-4-3-5-9-19)26(32)29-23-11-7-6-10-22(23)27/h3-14H,15-16H2,1-2H3,(H,28,31)(H,29,32). The lowest BCUT2D eigenvalue weighted by molar-refractivity contribution is 0.206. The summed E-state index contributed by atoms with van der Waals surface area (Å²) in [5.41, 5.74) is 4.85. The fourth-order valence-corrected chi connectivity index (χ4v) is 3.79. The predicted octanol–water partition coefficient (Wildman–Crippen LogP) is 6.03. The van der Waals surface area contributed by atoms with E-state index < -0.39 is 0 Å². The minimum atomic E-state index is -0.332. The van der Waals surface area contributed by atoms with Crippen LogP contribution in [-0.4, -0.2) is 15.9 Å². The highest BCUT2D eigenvalue weighted by atomic mass is 35.5. The molecule has 0 aliphatic rings. The molecule has 1 heterocycles. The topological polar surface area (TPSA) is 65.2 Å². The first-order valence-corrected chi connectivity index (χ1v) is 10.8. The van der Waals surface area contributed by atoms with Gasteiger partial charge in [-0.2, -0.15) is 0 Å². The molecule has 1 aromatic heterocycles. The number of anilines is 1. The van der Waals surface area contributed by atoms with Crippen LogP contribution in [0.2, 0.25) is 5.02 Å². The van der Waals surface area contributed by atoms with Crippen LogP contribution in [-0.2, 0) is 13.1 Å². The molecule has 0 unspecified atom stereocenters. The van der Waals surface area contributed by atoms with Crippen molar-refractivity contribution in [2.45, 2.75) is 26.9 Å². The second kappa shape index (κ2) is 9.28. The van der Waals surface area contributed by atoms with E-state index >= 15 is 0 Å². The SMILES string of the molecule is Cc1cc2cc(CN(Cc3ccccc3)C(=O)Nc3ccccc3Cl)c(=O)[nH]c2cc1C. The van der Waals surface area contributed by atoms with E-state index in [-0.39, 0.29) is 18.1 Å². The first-order valence-electron chi connectivity index (χ1n) is 10.4. The van der Waals surface area contributed by atoms with Gasteiger partial charge in [0.05, 0.1) is 17.3 Å². The van der Waals surface area contributed by atoms with Crippen LogP contribution in [0, 0.1) is 13.8 Å². The third kappa shape index (κ3) is 4.84. The molecule has 5 nitrogen and oxygen atoms in total. The van der Waals surface area contributed by atoms with Gasteiger partial charge in [0.25, 0.3) is 5.56 Å². The molecular formula is C26H24ClN3O2. The number of nitrogens with zero attached hydrogens (tertiary/aromatic N) is 1. The summed E-state index contributed by atoms with van der Waals surface area (Å²) in [6.45, 7) is 4.56. The molecular weight excluding hydrogens is 422 g/mol. The molecule has 0 radical (unpaired) electrons. The van der Waals surface area contributed by atoms with Crippen LogP contribution in [0.3, 0.4) is 0 Å². The normalized spacial score (nSPS) is 10.8. The molecule has 0 saturated heterocycles. The number of fused-ring (bicyclic) bond motifs is 1. The number of carbonyl (C=O) groups is 1. The van der Waals surface area contributed by atoms with E-state index in [0.717, 1.165) is 27.6 Å². The van der Waals surface area contributed by atoms with E-state index in [1.807, 2.05) is 56.3 Å². The Morgan fingerprint density at radius 1 is 0.938 bits per heavy atom. The number of H-pyrrole nitrogens is 1. The summed E-state index contributed by atoms with van der Waals surface area (Å²) in [4.78, 5) is 30.6. The Bertz CT molecular complexity index is 1330. The summed E-state index contributed by atoms with van der Waals surface area (Å²) in [6.07, 6.45) is 0. The Kier molecular flexibility index (Phi) is 6.28. The van der Waals surface area contributed by atoms with Crippen LogP contribution in [0.5, 0.6) is 0 Å². The zero-order valence-corrected chi connectivity index (χ0v) is 18.7. The van der Waals surface area contributed by atoms with Crippen molar-refractivity contribution >= 4 is 34.2 Å². The number of pyridine rings is 1. The van der Waals surface area contributed by atoms with Crippen molar-refractivity contribution in [3.8, 4) is 0 Å². The molecule has 0 atom stereocenters. The number of hydrogen-bond acceptors (Lipinski definition) is 2. The predicted molar refractivity (Wildman–Crippen MR) is 130 cm³/mol. The largest absolute Gasteiger partial charge is 0.322 e. The van der Waals surface area contributed by atoms with Gasteiger partial charge in [0, 0.05) is 17.6 Å². The summed E-state index contributed by atoms with van der Waals surface area (Å²) in [7, 11) is 0. The molecule has 3 aromatic carbocycles. The maximum absolute atomic E-state index is 13.2. The van der Waals surface area contributed by atoms with Crippen molar-refractivity contribution in [2.24, 2.45) is 0 Å². The smallest absolute Gasteiger partial charge is 0.322 e. The van der Waals surface area contributed by atoms with Crippen LogP contribution in [0.4, 0.5) is 10.5 Å². The average Bonchev–Trinajstić information content (AvgIpc) is 2.77. The average molecular weight is 446 g/mol. The molecule has 4 aromatic rings. The van der Waals surface area contributed by atoms with Crippen molar-refractivity contribution in [2.75, 3.05) is 5.32 Å². The maximum Gasteiger partial charge on any atom is 0.322 e. The minimum absolute atomic E-state index is 0.156. The maximum atomic E-state index is 13.2. The third-order valence-electron chi connectivity index (χ3n) is 5.52. The van der Waals surface area contributed by atoms with Gasteiger partial charge in [-0.05, 0) is 66.3 Å². The lowest BCUT2D eigenvalue weighted by Crippen LogP contribution is -2.35. The Hall–Kier alpha value is -3.57. The number of halogens is 1. The second-order valence-electron chi connectivity index (χ2n) is 7.90. The number of rotatable bonds is 5. The number of benzene rings is 3. The number of amides is 2. The molecule has 0 bridgehead atoms. The first kappa shape index (κ1) is 21.7. The second-order valence-corrected chi connectivity index (χ2v) is 8.31. The molecule has 0 spiro atoms. The van der Waals surface area contributed by atoms with Gasteiger partial charge in [-0.25, -0.2) is 4.79 Å². The number of nitrogens with one attached hydrogen (secondary N) is 2. The summed E-state index contributed by atoms with van der Waals surface area (Å²) < 4.78 is 0. The van der Waals surface area contributed by atoms with Crippen molar-refractivity contribution in [1.82, 2.24) is 9.88 Å². The van der Waals surface area contributed by atoms with Gasteiger partial charge in [0.15, 0.2) is 0 Å². The number of urea groups is 1. The van der Waals surface area contributed by atoms with E-state index in [0.29, 0.717) is 22.8 Å². The fraction of sp³-hybridized carbons (Fsp3) is 0.154. The van der Waals surface area contributed by atoms with Gasteiger partial charge in [0.2, 0.25) is 0 Å². The van der Waals surface area contributed by atoms with E-state index in [1.54, 1.807) is 29.2 Å². The molecule has 2 N–H and O–H groups in total. The number of aryl methyl sites for hydroxylation is 2. The third-order valence-corrected chi connectivity index (χ3v) is 5.85. The van der Waals surface area contributed by atoms with Crippen molar-refractivity contribution in [3.63, 3.8) is 0 Å². The number of hydrogen-bond donors (Lipinski definition) is 2.